The predicted octanol–water partition coefficient (Wildman–Crippen LogP) is 6.00. The number of ether oxygens (including phenoxy) is 2. The van der Waals surface area contributed by atoms with Crippen LogP contribution in [0.1, 0.15) is 57.0 Å². The Morgan fingerprint density at radius 3 is 2.56 bits per heavy atom. The van der Waals surface area contributed by atoms with Gasteiger partial charge in [0, 0.05) is 78.2 Å². The zero-order chi connectivity index (χ0) is 34.6. The number of nitrogens with one attached hydrogen (secondary N) is 2. The fourth-order valence-electron chi connectivity index (χ4n) is 6.30. The SMILES string of the molecule is COc1cc2c(cc1OCCCC(=O)Nc1ccc(C(=O)Nc3ccc4cc(C(=O)N5CCSCC5)oc4c3)cc1)N=C[C@@H]1CCCN1C2=O. The zero-order valence-corrected chi connectivity index (χ0v) is 28.4. The van der Waals surface area contributed by atoms with Gasteiger partial charge in [-0.15, -0.1) is 0 Å². The van der Waals surface area contributed by atoms with Crippen LogP contribution < -0.4 is 20.1 Å². The molecule has 0 aliphatic carbocycles. The highest BCUT2D eigenvalue weighted by molar-refractivity contribution is 7.99. The van der Waals surface area contributed by atoms with Crippen LogP contribution in [0, 0.1) is 0 Å². The van der Waals surface area contributed by atoms with Crippen molar-refractivity contribution in [3.05, 3.63) is 77.6 Å². The second-order valence-corrected chi connectivity index (χ2v) is 13.5. The number of amides is 4. The molecule has 0 spiro atoms. The number of methoxy groups -OCH3 is 1. The number of fused-ring (bicyclic) bond motifs is 3. The molecule has 0 saturated carbocycles. The minimum atomic E-state index is -0.323. The summed E-state index contributed by atoms with van der Waals surface area (Å²) >= 11 is 1.83. The van der Waals surface area contributed by atoms with Gasteiger partial charge in [0.25, 0.3) is 17.7 Å². The largest absolute Gasteiger partial charge is 0.493 e. The molecule has 2 fully saturated rings. The summed E-state index contributed by atoms with van der Waals surface area (Å²) in [5.41, 5.74) is 3.06. The molecule has 50 heavy (non-hydrogen) atoms. The number of hydrogen-bond donors (Lipinski definition) is 2. The third kappa shape index (κ3) is 7.18. The van der Waals surface area contributed by atoms with Crippen LogP contribution in [-0.4, -0.2) is 90.5 Å². The number of hydrogen-bond acceptors (Lipinski definition) is 9. The first-order chi connectivity index (χ1) is 24.4. The quantitative estimate of drug-likeness (QED) is 0.193. The molecular weight excluding hydrogens is 659 g/mol. The van der Waals surface area contributed by atoms with E-state index in [2.05, 4.69) is 15.6 Å². The number of furan rings is 1. The molecule has 2 N–H and O–H groups in total. The number of aliphatic imine (C=N–C) groups is 1. The summed E-state index contributed by atoms with van der Waals surface area (Å²) in [7, 11) is 1.52. The highest BCUT2D eigenvalue weighted by Gasteiger charge is 2.32. The molecule has 3 aliphatic heterocycles. The monoisotopic (exact) mass is 695 g/mol. The molecule has 3 aromatic carbocycles. The Morgan fingerprint density at radius 2 is 1.76 bits per heavy atom. The van der Waals surface area contributed by atoms with E-state index in [0.717, 1.165) is 29.7 Å². The van der Waals surface area contributed by atoms with Gasteiger partial charge in [-0.3, -0.25) is 24.2 Å². The Morgan fingerprint density at radius 1 is 0.960 bits per heavy atom. The second kappa shape index (κ2) is 14.7. The molecule has 0 bridgehead atoms. The summed E-state index contributed by atoms with van der Waals surface area (Å²) < 4.78 is 17.3. The smallest absolute Gasteiger partial charge is 0.289 e. The van der Waals surface area contributed by atoms with Gasteiger partial charge in [-0.25, -0.2) is 0 Å². The summed E-state index contributed by atoms with van der Waals surface area (Å²) in [4.78, 5) is 59.7. The Hall–Kier alpha value is -5.30. The van der Waals surface area contributed by atoms with E-state index in [1.807, 2.05) is 28.9 Å². The van der Waals surface area contributed by atoms with Gasteiger partial charge < -0.3 is 34.3 Å². The van der Waals surface area contributed by atoms with Crippen molar-refractivity contribution in [3.8, 4) is 11.5 Å². The fraction of sp³-hybridized carbons (Fsp3) is 0.324. The minimum Gasteiger partial charge on any atom is -0.493 e. The number of rotatable bonds is 10. The van der Waals surface area contributed by atoms with Crippen LogP contribution in [0.2, 0.25) is 0 Å². The van der Waals surface area contributed by atoms with E-state index in [1.165, 1.54) is 7.11 Å². The molecule has 258 valence electrons. The Balaban J connectivity index is 0.889. The lowest BCUT2D eigenvalue weighted by Gasteiger charge is -2.25. The third-order valence-electron chi connectivity index (χ3n) is 8.98. The Labute approximate surface area is 293 Å². The van der Waals surface area contributed by atoms with Gasteiger partial charge in [0.15, 0.2) is 17.3 Å². The van der Waals surface area contributed by atoms with Gasteiger partial charge in [0.1, 0.15) is 5.58 Å². The summed E-state index contributed by atoms with van der Waals surface area (Å²) in [6.45, 7) is 2.37. The molecule has 13 heteroatoms. The van der Waals surface area contributed by atoms with E-state index < -0.39 is 0 Å². The highest BCUT2D eigenvalue weighted by atomic mass is 32.2. The zero-order valence-electron chi connectivity index (χ0n) is 27.6. The predicted molar refractivity (Wildman–Crippen MR) is 192 cm³/mol. The molecule has 4 aromatic rings. The van der Waals surface area contributed by atoms with Crippen LogP contribution in [0.3, 0.4) is 0 Å². The fourth-order valence-corrected chi connectivity index (χ4v) is 7.21. The number of nitrogens with zero attached hydrogens (tertiary/aromatic N) is 3. The van der Waals surface area contributed by atoms with Crippen LogP contribution >= 0.6 is 11.8 Å². The number of thioether (sulfide) groups is 1. The molecule has 3 aliphatic rings. The van der Waals surface area contributed by atoms with E-state index in [0.29, 0.717) is 77.1 Å². The van der Waals surface area contributed by atoms with Crippen molar-refractivity contribution >= 4 is 69.6 Å². The molecule has 0 unspecified atom stereocenters. The maximum atomic E-state index is 13.1. The number of carbonyl (C=O) groups is 4. The lowest BCUT2D eigenvalue weighted by molar-refractivity contribution is -0.116. The summed E-state index contributed by atoms with van der Waals surface area (Å²) in [6, 6.07) is 17.0. The molecule has 1 aromatic heterocycles. The molecule has 7 rings (SSSR count). The summed E-state index contributed by atoms with van der Waals surface area (Å²) in [5.74, 6) is 2.33. The van der Waals surface area contributed by atoms with E-state index in [9.17, 15) is 19.2 Å². The molecule has 4 amide bonds. The van der Waals surface area contributed by atoms with Crippen molar-refractivity contribution in [1.29, 1.82) is 0 Å². The lowest BCUT2D eigenvalue weighted by atomic mass is 10.1. The van der Waals surface area contributed by atoms with E-state index in [4.69, 9.17) is 13.9 Å². The Kier molecular flexibility index (Phi) is 9.74. The normalized spacial score (nSPS) is 16.8. The van der Waals surface area contributed by atoms with Crippen molar-refractivity contribution in [2.45, 2.75) is 31.7 Å². The van der Waals surface area contributed by atoms with Gasteiger partial charge in [0.05, 0.1) is 31.0 Å². The third-order valence-corrected chi connectivity index (χ3v) is 9.92. The molecule has 12 nitrogen and oxygen atoms in total. The summed E-state index contributed by atoms with van der Waals surface area (Å²) in [6.07, 6.45) is 4.34. The topological polar surface area (TPSA) is 143 Å². The Bertz CT molecular complexity index is 1970. The molecular formula is C37H37N5O7S. The first-order valence-electron chi connectivity index (χ1n) is 16.7. The van der Waals surface area contributed by atoms with Gasteiger partial charge in [-0.2, -0.15) is 11.8 Å². The highest BCUT2D eigenvalue weighted by Crippen LogP contribution is 2.38. The second-order valence-electron chi connectivity index (χ2n) is 12.3. The van der Waals surface area contributed by atoms with Crippen molar-refractivity contribution in [1.82, 2.24) is 9.80 Å². The van der Waals surface area contributed by atoms with E-state index in [1.54, 1.807) is 59.5 Å². The molecule has 1 atom stereocenters. The maximum absolute atomic E-state index is 13.1. The van der Waals surface area contributed by atoms with Crippen LogP contribution in [0.4, 0.5) is 17.1 Å². The summed E-state index contributed by atoms with van der Waals surface area (Å²) in [5, 5.41) is 6.50. The van der Waals surface area contributed by atoms with Gasteiger partial charge >= 0.3 is 0 Å². The van der Waals surface area contributed by atoms with Crippen molar-refractivity contribution in [2.24, 2.45) is 4.99 Å². The van der Waals surface area contributed by atoms with E-state index in [-0.39, 0.29) is 42.7 Å². The average Bonchev–Trinajstić information content (AvgIpc) is 3.77. The first kappa shape index (κ1) is 33.2. The van der Waals surface area contributed by atoms with E-state index >= 15 is 0 Å². The first-order valence-corrected chi connectivity index (χ1v) is 17.8. The standard InChI is InChI=1S/C37H37N5O7S/c1-47-31-20-28-29(38-22-27-4-2-12-42(27)36(28)45)21-32(31)48-15-3-5-34(43)39-25-9-6-23(7-10-25)35(44)40-26-11-8-24-18-33(49-30(24)19-26)37(46)41-13-16-50-17-14-41/h6-11,18-22,27H,2-5,12-17H2,1H3,(H,39,43)(H,40,44)/t27-/m0/s1. The molecule has 0 radical (unpaired) electrons. The lowest BCUT2D eigenvalue weighted by Crippen LogP contribution is -2.37. The molecule has 2 saturated heterocycles. The van der Waals surface area contributed by atoms with Crippen LogP contribution in [-0.2, 0) is 4.79 Å². The van der Waals surface area contributed by atoms with Gasteiger partial charge in [-0.05, 0) is 67.8 Å². The van der Waals surface area contributed by atoms with Gasteiger partial charge in [0.2, 0.25) is 5.91 Å². The van der Waals surface area contributed by atoms with Crippen LogP contribution in [0.25, 0.3) is 11.0 Å². The van der Waals surface area contributed by atoms with Crippen molar-refractivity contribution in [3.63, 3.8) is 0 Å². The van der Waals surface area contributed by atoms with Gasteiger partial charge in [-0.1, -0.05) is 0 Å². The number of carbonyl (C=O) groups excluding carboxylic acids is 4. The number of benzene rings is 3. The van der Waals surface area contributed by atoms with Crippen LogP contribution in [0.15, 0.2) is 70.1 Å². The number of anilines is 2. The maximum Gasteiger partial charge on any atom is 0.289 e. The van der Waals surface area contributed by atoms with Crippen molar-refractivity contribution < 1.29 is 33.1 Å². The van der Waals surface area contributed by atoms with Crippen LogP contribution in [0.5, 0.6) is 11.5 Å². The van der Waals surface area contributed by atoms with Crippen molar-refractivity contribution in [2.75, 3.05) is 55.5 Å². The molecule has 4 heterocycles. The average molecular weight is 696 g/mol. The minimum absolute atomic E-state index is 0.0119.